The Morgan fingerprint density at radius 1 is 1.20 bits per heavy atom. The molecule has 0 unspecified atom stereocenters. The van der Waals surface area contributed by atoms with E-state index in [-0.39, 0.29) is 18.4 Å². The summed E-state index contributed by atoms with van der Waals surface area (Å²) in [6.07, 6.45) is 0. The second kappa shape index (κ2) is 7.31. The van der Waals surface area contributed by atoms with Gasteiger partial charge in [-0.3, -0.25) is 0 Å². The van der Waals surface area contributed by atoms with Crippen molar-refractivity contribution in [2.45, 2.75) is 6.54 Å². The number of amides is 2. The number of halogens is 2. The molecular weight excluding hydrogens is 347 g/mol. The third-order valence-corrected chi connectivity index (χ3v) is 3.64. The monoisotopic (exact) mass is 360 g/mol. The molecule has 0 radical (unpaired) electrons. The maximum Gasteiger partial charge on any atom is 0.322 e. The number of nitrogens with one attached hydrogen (secondary N) is 1. The molecule has 1 heterocycles. The number of aromatic nitrogens is 2. The molecule has 0 bridgehead atoms. The number of hydrogen-bond acceptors (Lipinski definition) is 4. The Labute approximate surface area is 148 Å². The Bertz CT molecular complexity index is 865. The molecule has 2 aromatic carbocycles. The fourth-order valence-electron chi connectivity index (χ4n) is 2.06. The van der Waals surface area contributed by atoms with Gasteiger partial charge in [0.05, 0.1) is 0 Å². The minimum Gasteiger partial charge on any atom is -0.337 e. The van der Waals surface area contributed by atoms with E-state index >= 15 is 0 Å². The minimum atomic E-state index is -0.377. The summed E-state index contributed by atoms with van der Waals surface area (Å²) in [5.41, 5.74) is 1.25. The van der Waals surface area contributed by atoms with Crippen molar-refractivity contribution in [2.24, 2.45) is 0 Å². The molecule has 0 aliphatic heterocycles. The van der Waals surface area contributed by atoms with E-state index < -0.39 is 0 Å². The highest BCUT2D eigenvalue weighted by molar-refractivity contribution is 6.30. The van der Waals surface area contributed by atoms with Crippen molar-refractivity contribution in [3.8, 4) is 11.4 Å². The molecule has 1 N–H and O–H groups in total. The predicted octanol–water partition coefficient (Wildman–Crippen LogP) is 4.19. The van der Waals surface area contributed by atoms with E-state index in [1.165, 1.54) is 29.2 Å². The molecular formula is C17H14ClFN4O2. The third kappa shape index (κ3) is 4.33. The summed E-state index contributed by atoms with van der Waals surface area (Å²) in [5.74, 6) is 0.340. The molecule has 0 saturated heterocycles. The first-order valence-corrected chi connectivity index (χ1v) is 7.75. The number of urea groups is 1. The zero-order chi connectivity index (χ0) is 17.8. The van der Waals surface area contributed by atoms with Crippen molar-refractivity contribution in [1.29, 1.82) is 0 Å². The first kappa shape index (κ1) is 16.9. The van der Waals surface area contributed by atoms with Crippen LogP contribution in [0.5, 0.6) is 0 Å². The molecule has 0 aliphatic carbocycles. The first-order valence-electron chi connectivity index (χ1n) is 7.37. The highest BCUT2D eigenvalue weighted by Crippen LogP contribution is 2.19. The smallest absolute Gasteiger partial charge is 0.322 e. The molecule has 0 aliphatic rings. The second-order valence-electron chi connectivity index (χ2n) is 5.31. The molecule has 8 heteroatoms. The quantitative estimate of drug-likeness (QED) is 0.757. The zero-order valence-electron chi connectivity index (χ0n) is 13.2. The van der Waals surface area contributed by atoms with Crippen LogP contribution in [-0.4, -0.2) is 28.1 Å². The van der Waals surface area contributed by atoms with Gasteiger partial charge < -0.3 is 14.7 Å². The summed E-state index contributed by atoms with van der Waals surface area (Å²) < 4.78 is 18.0. The van der Waals surface area contributed by atoms with Crippen LogP contribution in [0.4, 0.5) is 14.9 Å². The maximum absolute atomic E-state index is 12.9. The second-order valence-corrected chi connectivity index (χ2v) is 5.75. The van der Waals surface area contributed by atoms with E-state index in [0.29, 0.717) is 22.4 Å². The van der Waals surface area contributed by atoms with Crippen LogP contribution in [0.25, 0.3) is 11.4 Å². The molecule has 3 aromatic rings. The summed E-state index contributed by atoms with van der Waals surface area (Å²) in [7, 11) is 1.59. The molecule has 0 atom stereocenters. The lowest BCUT2D eigenvalue weighted by atomic mass is 10.2. The molecule has 2 amide bonds. The van der Waals surface area contributed by atoms with Gasteiger partial charge in [0.15, 0.2) is 0 Å². The normalized spacial score (nSPS) is 10.5. The fourth-order valence-corrected chi connectivity index (χ4v) is 2.19. The Morgan fingerprint density at radius 3 is 2.56 bits per heavy atom. The highest BCUT2D eigenvalue weighted by Gasteiger charge is 2.15. The van der Waals surface area contributed by atoms with Gasteiger partial charge in [-0.15, -0.1) is 0 Å². The lowest BCUT2D eigenvalue weighted by molar-refractivity contribution is 0.213. The molecule has 6 nitrogen and oxygen atoms in total. The van der Waals surface area contributed by atoms with Crippen LogP contribution in [0.1, 0.15) is 5.89 Å². The van der Waals surface area contributed by atoms with Crippen molar-refractivity contribution >= 4 is 23.3 Å². The van der Waals surface area contributed by atoms with Gasteiger partial charge in [0.25, 0.3) is 0 Å². The number of rotatable bonds is 4. The van der Waals surface area contributed by atoms with Crippen LogP contribution in [0.15, 0.2) is 53.1 Å². The molecule has 0 fully saturated rings. The van der Waals surface area contributed by atoms with E-state index in [1.54, 1.807) is 31.3 Å². The zero-order valence-corrected chi connectivity index (χ0v) is 14.0. The van der Waals surface area contributed by atoms with E-state index in [4.69, 9.17) is 16.1 Å². The van der Waals surface area contributed by atoms with Crippen molar-refractivity contribution in [1.82, 2.24) is 15.0 Å². The molecule has 3 rings (SSSR count). The van der Waals surface area contributed by atoms with Crippen LogP contribution >= 0.6 is 11.6 Å². The molecule has 0 spiro atoms. The molecule has 25 heavy (non-hydrogen) atoms. The average molecular weight is 361 g/mol. The highest BCUT2D eigenvalue weighted by atomic mass is 35.5. The largest absolute Gasteiger partial charge is 0.337 e. The van der Waals surface area contributed by atoms with Gasteiger partial charge in [0.2, 0.25) is 11.7 Å². The van der Waals surface area contributed by atoms with Crippen molar-refractivity contribution < 1.29 is 13.7 Å². The number of nitrogens with zero attached hydrogens (tertiary/aromatic N) is 3. The summed E-state index contributed by atoms with van der Waals surface area (Å²) >= 11 is 5.85. The molecule has 128 valence electrons. The van der Waals surface area contributed by atoms with Gasteiger partial charge in [-0.05, 0) is 48.5 Å². The Balaban J connectivity index is 1.62. The van der Waals surface area contributed by atoms with Gasteiger partial charge >= 0.3 is 6.03 Å². The van der Waals surface area contributed by atoms with Crippen LogP contribution in [0, 0.1) is 5.82 Å². The summed E-state index contributed by atoms with van der Waals surface area (Å²) in [5, 5.41) is 7.16. The number of carbonyl (C=O) groups excluding carboxylic acids is 1. The SMILES string of the molecule is CN(Cc1nc(-c2ccc(Cl)cc2)no1)C(=O)Nc1ccc(F)cc1. The maximum atomic E-state index is 12.9. The van der Waals surface area contributed by atoms with E-state index in [0.717, 1.165) is 5.56 Å². The summed E-state index contributed by atoms with van der Waals surface area (Å²) in [4.78, 5) is 17.8. The number of benzene rings is 2. The van der Waals surface area contributed by atoms with Crippen molar-refractivity contribution in [2.75, 3.05) is 12.4 Å². The van der Waals surface area contributed by atoms with E-state index in [9.17, 15) is 9.18 Å². The van der Waals surface area contributed by atoms with E-state index in [1.807, 2.05) is 0 Å². The Kier molecular flexibility index (Phi) is 4.95. The molecule has 1 aromatic heterocycles. The standard InChI is InChI=1S/C17H14ClFN4O2/c1-23(17(24)20-14-8-6-13(19)7-9-14)10-15-21-16(22-25-15)11-2-4-12(18)5-3-11/h2-9H,10H2,1H3,(H,20,24). The topological polar surface area (TPSA) is 71.3 Å². The van der Waals surface area contributed by atoms with Crippen LogP contribution in [0.2, 0.25) is 5.02 Å². The van der Waals surface area contributed by atoms with Crippen molar-refractivity contribution in [3.05, 3.63) is 65.3 Å². The van der Waals surface area contributed by atoms with Gasteiger partial charge in [0, 0.05) is 23.3 Å². The Hall–Kier alpha value is -2.93. The predicted molar refractivity (Wildman–Crippen MR) is 91.6 cm³/mol. The fraction of sp³-hybridized carbons (Fsp3) is 0.118. The van der Waals surface area contributed by atoms with E-state index in [2.05, 4.69) is 15.5 Å². The van der Waals surface area contributed by atoms with Gasteiger partial charge in [-0.25, -0.2) is 9.18 Å². The van der Waals surface area contributed by atoms with Crippen LogP contribution < -0.4 is 5.32 Å². The van der Waals surface area contributed by atoms with Gasteiger partial charge in [-0.2, -0.15) is 4.98 Å². The minimum absolute atomic E-state index is 0.133. The lowest BCUT2D eigenvalue weighted by Crippen LogP contribution is -2.30. The van der Waals surface area contributed by atoms with Gasteiger partial charge in [0.1, 0.15) is 12.4 Å². The summed E-state index contributed by atoms with van der Waals surface area (Å²) in [6.45, 7) is 0.133. The van der Waals surface area contributed by atoms with Gasteiger partial charge in [-0.1, -0.05) is 16.8 Å². The van der Waals surface area contributed by atoms with Crippen LogP contribution in [0.3, 0.4) is 0 Å². The number of carbonyl (C=O) groups is 1. The van der Waals surface area contributed by atoms with Crippen molar-refractivity contribution in [3.63, 3.8) is 0 Å². The van der Waals surface area contributed by atoms with Crippen LogP contribution in [-0.2, 0) is 6.54 Å². The first-order chi connectivity index (χ1) is 12.0. The number of anilines is 1. The molecule has 0 saturated carbocycles. The lowest BCUT2D eigenvalue weighted by Gasteiger charge is -2.15. The summed E-state index contributed by atoms with van der Waals surface area (Å²) in [6, 6.07) is 12.1. The number of hydrogen-bond donors (Lipinski definition) is 1. The average Bonchev–Trinajstić information content (AvgIpc) is 3.06. The third-order valence-electron chi connectivity index (χ3n) is 3.39. The Morgan fingerprint density at radius 2 is 1.88 bits per heavy atom.